The van der Waals surface area contributed by atoms with Crippen LogP contribution in [0.5, 0.6) is 0 Å². The Morgan fingerprint density at radius 3 is 2.10 bits per heavy atom. The van der Waals surface area contributed by atoms with Crippen molar-refractivity contribution in [2.24, 2.45) is 0 Å². The summed E-state index contributed by atoms with van der Waals surface area (Å²) in [5.74, 6) is -3.70. The Hall–Kier alpha value is -0.350. The molecule has 5 nitrogen and oxygen atoms in total. The van der Waals surface area contributed by atoms with Crippen molar-refractivity contribution in [1.82, 2.24) is 0 Å². The number of benzene rings is 1. The van der Waals surface area contributed by atoms with E-state index in [2.05, 4.69) is 0 Å². The third kappa shape index (κ3) is 3.64. The van der Waals surface area contributed by atoms with Crippen LogP contribution in [0.3, 0.4) is 0 Å². The van der Waals surface area contributed by atoms with E-state index in [1.165, 1.54) is 11.6 Å². The number of alkyl halides is 2. The standard InChI is InChI=1S/C8H6Cl3F2NO4S2/c1-3-5(19(11,15)16)2-4(9)7(6(3)10)14-20(17,18)8(12)13/h2,8,14H,1H3. The predicted molar refractivity (Wildman–Crippen MR) is 72.8 cm³/mol. The molecule has 0 aliphatic rings. The van der Waals surface area contributed by atoms with Gasteiger partial charge in [0.05, 0.1) is 20.6 Å². The van der Waals surface area contributed by atoms with E-state index in [0.29, 0.717) is 0 Å². The van der Waals surface area contributed by atoms with Crippen molar-refractivity contribution in [3.05, 3.63) is 21.7 Å². The van der Waals surface area contributed by atoms with Crippen LogP contribution in [-0.2, 0) is 19.1 Å². The molecule has 0 unspecified atom stereocenters. The fraction of sp³-hybridized carbons (Fsp3) is 0.250. The first kappa shape index (κ1) is 17.7. The van der Waals surface area contributed by atoms with E-state index in [-0.39, 0.29) is 5.56 Å². The van der Waals surface area contributed by atoms with Crippen LogP contribution in [0, 0.1) is 6.92 Å². The lowest BCUT2D eigenvalue weighted by Gasteiger charge is -2.14. The number of hydrogen-bond acceptors (Lipinski definition) is 4. The molecular weight excluding hydrogens is 383 g/mol. The van der Waals surface area contributed by atoms with Crippen LogP contribution < -0.4 is 4.72 Å². The maximum Gasteiger partial charge on any atom is 0.355 e. The Morgan fingerprint density at radius 2 is 1.70 bits per heavy atom. The lowest BCUT2D eigenvalue weighted by Crippen LogP contribution is -2.21. The number of rotatable bonds is 4. The first-order valence-corrected chi connectivity index (χ1v) is 9.22. The molecule has 20 heavy (non-hydrogen) atoms. The molecule has 0 aromatic heterocycles. The van der Waals surface area contributed by atoms with Gasteiger partial charge in [-0.15, -0.1) is 0 Å². The van der Waals surface area contributed by atoms with Crippen LogP contribution in [0.25, 0.3) is 0 Å². The molecule has 0 aliphatic heterocycles. The van der Waals surface area contributed by atoms with E-state index < -0.39 is 45.5 Å². The molecule has 0 spiro atoms. The normalized spacial score (nSPS) is 12.8. The number of hydrogen-bond donors (Lipinski definition) is 1. The minimum Gasteiger partial charge on any atom is -0.276 e. The summed E-state index contributed by atoms with van der Waals surface area (Å²) >= 11 is 11.4. The minimum absolute atomic E-state index is 0.127. The zero-order valence-electron chi connectivity index (χ0n) is 9.49. The second-order valence-electron chi connectivity index (χ2n) is 3.52. The van der Waals surface area contributed by atoms with Gasteiger partial charge in [-0.2, -0.15) is 8.78 Å². The molecule has 0 saturated carbocycles. The monoisotopic (exact) mass is 387 g/mol. The van der Waals surface area contributed by atoms with E-state index in [0.717, 1.165) is 6.07 Å². The smallest absolute Gasteiger partial charge is 0.276 e. The molecular formula is C8H6Cl3F2NO4S2. The lowest BCUT2D eigenvalue weighted by atomic mass is 10.2. The molecule has 0 heterocycles. The van der Waals surface area contributed by atoms with Gasteiger partial charge in [0.2, 0.25) is 0 Å². The molecule has 1 N–H and O–H groups in total. The molecule has 0 fully saturated rings. The zero-order valence-corrected chi connectivity index (χ0v) is 13.4. The van der Waals surface area contributed by atoms with Gasteiger partial charge in [0.15, 0.2) is 0 Å². The van der Waals surface area contributed by atoms with Gasteiger partial charge in [-0.3, -0.25) is 4.72 Å². The highest BCUT2D eigenvalue weighted by Crippen LogP contribution is 2.39. The topological polar surface area (TPSA) is 80.3 Å². The predicted octanol–water partition coefficient (Wildman–Crippen LogP) is 3.19. The fourth-order valence-electron chi connectivity index (χ4n) is 1.23. The first-order valence-electron chi connectivity index (χ1n) is 4.61. The second-order valence-corrected chi connectivity index (χ2v) is 8.49. The molecule has 0 saturated heterocycles. The van der Waals surface area contributed by atoms with Crippen LogP contribution >= 0.6 is 33.9 Å². The molecule has 0 atom stereocenters. The number of sulfonamides is 1. The van der Waals surface area contributed by atoms with Gasteiger partial charge in [0.25, 0.3) is 19.1 Å². The molecule has 1 aromatic rings. The number of nitrogens with one attached hydrogen (secondary N) is 1. The van der Waals surface area contributed by atoms with E-state index >= 15 is 0 Å². The second kappa shape index (κ2) is 5.80. The minimum atomic E-state index is -5.00. The Balaban J connectivity index is 3.51. The number of anilines is 1. The van der Waals surface area contributed by atoms with E-state index in [1.807, 2.05) is 0 Å². The third-order valence-corrected chi connectivity index (χ3v) is 5.33. The molecule has 0 amide bonds. The molecule has 0 radical (unpaired) electrons. The van der Waals surface area contributed by atoms with Gasteiger partial charge in [-0.05, 0) is 18.6 Å². The van der Waals surface area contributed by atoms with Gasteiger partial charge < -0.3 is 0 Å². The van der Waals surface area contributed by atoms with Crippen LogP contribution in [-0.4, -0.2) is 22.6 Å². The average molecular weight is 389 g/mol. The highest BCUT2D eigenvalue weighted by atomic mass is 35.7. The summed E-state index contributed by atoms with van der Waals surface area (Å²) in [6.45, 7) is 1.22. The summed E-state index contributed by atoms with van der Waals surface area (Å²) in [5, 5.41) is -0.926. The summed E-state index contributed by atoms with van der Waals surface area (Å²) in [5.41, 5.74) is -0.673. The first-order chi connectivity index (χ1) is 8.88. The van der Waals surface area contributed by atoms with Gasteiger partial charge in [-0.1, -0.05) is 23.2 Å². The van der Waals surface area contributed by atoms with E-state index in [4.69, 9.17) is 33.9 Å². The molecule has 1 rings (SSSR count). The van der Waals surface area contributed by atoms with Gasteiger partial charge >= 0.3 is 5.76 Å². The Labute approximate surface area is 128 Å². The highest BCUT2D eigenvalue weighted by Gasteiger charge is 2.28. The van der Waals surface area contributed by atoms with Crippen LogP contribution in [0.2, 0.25) is 10.0 Å². The van der Waals surface area contributed by atoms with Gasteiger partial charge in [0, 0.05) is 10.7 Å². The fourth-order valence-corrected chi connectivity index (χ4v) is 3.81. The Kier molecular flexibility index (Phi) is 5.13. The van der Waals surface area contributed by atoms with Crippen LogP contribution in [0.1, 0.15) is 5.56 Å². The van der Waals surface area contributed by atoms with Crippen molar-refractivity contribution < 1.29 is 25.6 Å². The molecule has 0 bridgehead atoms. The molecule has 114 valence electrons. The maximum absolute atomic E-state index is 12.3. The third-order valence-electron chi connectivity index (χ3n) is 2.16. The summed E-state index contributed by atoms with van der Waals surface area (Å²) in [6, 6.07) is 0.814. The average Bonchev–Trinajstić information content (AvgIpc) is 2.27. The van der Waals surface area contributed by atoms with Gasteiger partial charge in [-0.25, -0.2) is 16.8 Å². The van der Waals surface area contributed by atoms with E-state index in [9.17, 15) is 25.6 Å². The van der Waals surface area contributed by atoms with Crippen molar-refractivity contribution in [2.45, 2.75) is 17.6 Å². The largest absolute Gasteiger partial charge is 0.355 e. The van der Waals surface area contributed by atoms with Crippen LogP contribution in [0.15, 0.2) is 11.0 Å². The van der Waals surface area contributed by atoms with Crippen molar-refractivity contribution in [2.75, 3.05) is 4.72 Å². The SMILES string of the molecule is Cc1c(S(=O)(=O)Cl)cc(Cl)c(NS(=O)(=O)C(F)F)c1Cl. The summed E-state index contributed by atoms with van der Waals surface area (Å²) < 4.78 is 70.7. The Bertz CT molecular complexity index is 749. The molecule has 1 aromatic carbocycles. The van der Waals surface area contributed by atoms with Crippen molar-refractivity contribution in [3.63, 3.8) is 0 Å². The van der Waals surface area contributed by atoms with Crippen molar-refractivity contribution in [3.8, 4) is 0 Å². The lowest BCUT2D eigenvalue weighted by molar-refractivity contribution is 0.236. The van der Waals surface area contributed by atoms with E-state index in [1.54, 1.807) is 0 Å². The molecule has 12 heteroatoms. The maximum atomic E-state index is 12.3. The summed E-state index contributed by atoms with van der Waals surface area (Å²) in [6.07, 6.45) is 0. The van der Waals surface area contributed by atoms with Crippen LogP contribution in [0.4, 0.5) is 14.5 Å². The summed E-state index contributed by atoms with van der Waals surface area (Å²) in [7, 11) is -4.03. The van der Waals surface area contributed by atoms with Crippen molar-refractivity contribution in [1.29, 1.82) is 0 Å². The Morgan fingerprint density at radius 1 is 1.20 bits per heavy atom. The molecule has 0 aliphatic carbocycles. The quantitative estimate of drug-likeness (QED) is 0.803. The zero-order chi connectivity index (χ0) is 15.9. The highest BCUT2D eigenvalue weighted by molar-refractivity contribution is 8.13. The summed E-state index contributed by atoms with van der Waals surface area (Å²) in [4.78, 5) is -0.450. The van der Waals surface area contributed by atoms with Gasteiger partial charge in [0.1, 0.15) is 0 Å². The van der Waals surface area contributed by atoms with Crippen molar-refractivity contribution >= 4 is 58.6 Å². The number of halogens is 5.